The van der Waals surface area contributed by atoms with E-state index in [0.29, 0.717) is 5.56 Å². The quantitative estimate of drug-likeness (QED) is 0.553. The van der Waals surface area contributed by atoms with Crippen molar-refractivity contribution in [2.45, 2.75) is 25.6 Å². The Kier molecular flexibility index (Phi) is 6.04. The van der Waals surface area contributed by atoms with Crippen molar-refractivity contribution in [3.8, 4) is 22.6 Å². The Hall–Kier alpha value is -3.16. The fourth-order valence-electron chi connectivity index (χ4n) is 3.77. The Morgan fingerprint density at radius 1 is 1.25 bits per heavy atom. The highest BCUT2D eigenvalue weighted by atomic mass is 35.5. The van der Waals surface area contributed by atoms with Gasteiger partial charge in [-0.2, -0.15) is 0 Å². The summed E-state index contributed by atoms with van der Waals surface area (Å²) >= 11 is 6.30. The van der Waals surface area contributed by atoms with Gasteiger partial charge in [-0.05, 0) is 24.6 Å². The number of carbonyl (C=O) groups excluding carboxylic acids is 1. The molecule has 1 aliphatic heterocycles. The molecule has 8 heteroatoms. The molecule has 1 aliphatic rings. The second kappa shape index (κ2) is 8.76. The average Bonchev–Trinajstić information content (AvgIpc) is 3.18. The predicted molar refractivity (Wildman–Crippen MR) is 116 cm³/mol. The van der Waals surface area contributed by atoms with Gasteiger partial charge in [0, 0.05) is 29.2 Å². The number of amides is 1. The first-order valence-corrected chi connectivity index (χ1v) is 10.3. The molecule has 3 N–H and O–H groups in total. The lowest BCUT2D eigenvalue weighted by Crippen LogP contribution is -2.16. The Labute approximate surface area is 188 Å². The van der Waals surface area contributed by atoms with Crippen molar-refractivity contribution in [3.05, 3.63) is 81.9 Å². The van der Waals surface area contributed by atoms with E-state index in [1.165, 1.54) is 19.1 Å². The smallest absolute Gasteiger partial charge is 0.249 e. The van der Waals surface area contributed by atoms with Crippen molar-refractivity contribution >= 4 is 17.5 Å². The van der Waals surface area contributed by atoms with Gasteiger partial charge in [-0.25, -0.2) is 8.78 Å². The zero-order chi connectivity index (χ0) is 23.0. The summed E-state index contributed by atoms with van der Waals surface area (Å²) in [6.45, 7) is 1.30. The summed E-state index contributed by atoms with van der Waals surface area (Å²) in [7, 11) is 0. The zero-order valence-corrected chi connectivity index (χ0v) is 17.8. The van der Waals surface area contributed by atoms with Crippen LogP contribution in [0.15, 0.2) is 48.5 Å². The van der Waals surface area contributed by atoms with Crippen molar-refractivity contribution < 1.29 is 28.2 Å². The molecule has 0 saturated heterocycles. The summed E-state index contributed by atoms with van der Waals surface area (Å²) in [6, 6.07) is 13.0. The molecule has 0 bridgehead atoms. The molecule has 0 radical (unpaired) electrons. The Morgan fingerprint density at radius 2 is 1.97 bits per heavy atom. The largest absolute Gasteiger partial charge is 0.488 e. The molecular weight excluding hydrogens is 440 g/mol. The fourth-order valence-corrected chi connectivity index (χ4v) is 4.03. The molecule has 0 fully saturated rings. The highest BCUT2D eigenvalue weighted by molar-refractivity contribution is 6.34. The van der Waals surface area contributed by atoms with E-state index in [-0.39, 0.29) is 46.2 Å². The maximum absolute atomic E-state index is 15.6. The van der Waals surface area contributed by atoms with Crippen LogP contribution >= 0.6 is 11.6 Å². The van der Waals surface area contributed by atoms with E-state index in [1.807, 2.05) is 30.3 Å². The van der Waals surface area contributed by atoms with Gasteiger partial charge in [0.1, 0.15) is 24.3 Å². The van der Waals surface area contributed by atoms with E-state index in [2.05, 4.69) is 0 Å². The highest BCUT2D eigenvalue weighted by Gasteiger charge is 2.33. The Balaban J connectivity index is 1.90. The summed E-state index contributed by atoms with van der Waals surface area (Å²) in [5.41, 5.74) is 6.36. The summed E-state index contributed by atoms with van der Waals surface area (Å²) in [5.74, 6) is -2.67. The number of benzene rings is 3. The molecular formula is C24H20ClF2NO4. The molecule has 3 aromatic carbocycles. The van der Waals surface area contributed by atoms with Gasteiger partial charge in [0.2, 0.25) is 5.91 Å². The Bertz CT molecular complexity index is 1180. The van der Waals surface area contributed by atoms with Crippen molar-refractivity contribution in [1.82, 2.24) is 0 Å². The minimum absolute atomic E-state index is 0.00565. The minimum atomic E-state index is -0.931. The number of rotatable bonds is 6. The molecule has 32 heavy (non-hydrogen) atoms. The molecule has 2 atom stereocenters. The molecule has 1 amide bonds. The number of nitrogens with two attached hydrogens (primary N) is 1. The summed E-state index contributed by atoms with van der Waals surface area (Å²) < 4.78 is 41.6. The molecule has 3 aromatic rings. The molecule has 0 aliphatic carbocycles. The van der Waals surface area contributed by atoms with E-state index in [9.17, 15) is 14.3 Å². The number of halogens is 3. The molecule has 5 nitrogen and oxygen atoms in total. The number of hydrogen-bond donors (Lipinski definition) is 2. The van der Waals surface area contributed by atoms with Gasteiger partial charge in [0.05, 0.1) is 16.7 Å². The van der Waals surface area contributed by atoms with Gasteiger partial charge >= 0.3 is 0 Å². The summed E-state index contributed by atoms with van der Waals surface area (Å²) in [6.07, 6.45) is -1.00. The minimum Gasteiger partial charge on any atom is -0.488 e. The standard InChI is InChI=1S/C24H20ClF2NO4/c1-12(29)11-31-17-8-7-14(24(28)30)21(23(17)27)20-15-9-18(13-5-3-2-4-6-13)32-19(15)10-16(26)22(20)25/h2-8,10,12,18,29H,9,11H2,1H3,(H2,28,30)/t12-,18-/m0/s1. The highest BCUT2D eigenvalue weighted by Crippen LogP contribution is 2.48. The molecule has 0 unspecified atom stereocenters. The summed E-state index contributed by atoms with van der Waals surface area (Å²) in [5, 5.41) is 9.12. The normalized spacial score (nSPS) is 15.7. The third-order valence-electron chi connectivity index (χ3n) is 5.22. The van der Waals surface area contributed by atoms with Crippen LogP contribution in [-0.2, 0) is 6.42 Å². The first-order valence-electron chi connectivity index (χ1n) is 9.94. The van der Waals surface area contributed by atoms with Crippen LogP contribution in [-0.4, -0.2) is 23.7 Å². The number of aliphatic hydroxyl groups excluding tert-OH is 1. The Morgan fingerprint density at radius 3 is 2.62 bits per heavy atom. The lowest BCUT2D eigenvalue weighted by Gasteiger charge is -2.17. The predicted octanol–water partition coefficient (Wildman–Crippen LogP) is 4.82. The molecule has 1 heterocycles. The SMILES string of the molecule is C[C@H](O)COc1ccc(C(N)=O)c(-c2c(Cl)c(F)cc3c2C[C@@H](c2ccccc2)O3)c1F. The van der Waals surface area contributed by atoms with Gasteiger partial charge in [0.25, 0.3) is 0 Å². The van der Waals surface area contributed by atoms with E-state index < -0.39 is 29.7 Å². The second-order valence-corrected chi connectivity index (χ2v) is 7.95. The fraction of sp³-hybridized carbons (Fsp3) is 0.208. The molecule has 0 saturated carbocycles. The molecule has 166 valence electrons. The van der Waals surface area contributed by atoms with Gasteiger partial charge in [-0.1, -0.05) is 41.9 Å². The number of primary amides is 1. The van der Waals surface area contributed by atoms with Crippen LogP contribution in [0.5, 0.6) is 11.5 Å². The van der Waals surface area contributed by atoms with Crippen LogP contribution in [0.1, 0.15) is 34.5 Å². The number of fused-ring (bicyclic) bond motifs is 1. The second-order valence-electron chi connectivity index (χ2n) is 7.57. The lowest BCUT2D eigenvalue weighted by molar-refractivity contribution is 0.0999. The van der Waals surface area contributed by atoms with Gasteiger partial charge in [-0.3, -0.25) is 4.79 Å². The third kappa shape index (κ3) is 4.01. The van der Waals surface area contributed by atoms with Crippen LogP contribution in [0.2, 0.25) is 5.02 Å². The van der Waals surface area contributed by atoms with E-state index in [4.69, 9.17) is 26.8 Å². The lowest BCUT2D eigenvalue weighted by atomic mass is 9.91. The van der Waals surface area contributed by atoms with Crippen LogP contribution < -0.4 is 15.2 Å². The van der Waals surface area contributed by atoms with Crippen molar-refractivity contribution in [2.75, 3.05) is 6.61 Å². The van der Waals surface area contributed by atoms with Gasteiger partial charge in [-0.15, -0.1) is 0 Å². The molecule has 0 spiro atoms. The topological polar surface area (TPSA) is 81.8 Å². The van der Waals surface area contributed by atoms with E-state index >= 15 is 4.39 Å². The average molecular weight is 460 g/mol. The van der Waals surface area contributed by atoms with Crippen LogP contribution in [0.3, 0.4) is 0 Å². The monoisotopic (exact) mass is 459 g/mol. The maximum atomic E-state index is 15.6. The number of aliphatic hydroxyl groups is 1. The van der Waals surface area contributed by atoms with Gasteiger partial charge < -0.3 is 20.3 Å². The molecule has 4 rings (SSSR count). The molecule has 0 aromatic heterocycles. The third-order valence-corrected chi connectivity index (χ3v) is 5.59. The van der Waals surface area contributed by atoms with Crippen molar-refractivity contribution in [1.29, 1.82) is 0 Å². The van der Waals surface area contributed by atoms with Gasteiger partial charge in [0.15, 0.2) is 11.6 Å². The van der Waals surface area contributed by atoms with E-state index in [0.717, 1.165) is 11.6 Å². The summed E-state index contributed by atoms with van der Waals surface area (Å²) in [4.78, 5) is 12.1. The van der Waals surface area contributed by atoms with Crippen LogP contribution in [0.25, 0.3) is 11.1 Å². The zero-order valence-electron chi connectivity index (χ0n) is 17.1. The first kappa shape index (κ1) is 22.0. The van der Waals surface area contributed by atoms with Crippen LogP contribution in [0.4, 0.5) is 8.78 Å². The number of ether oxygens (including phenoxy) is 2. The number of hydrogen-bond acceptors (Lipinski definition) is 4. The van der Waals surface area contributed by atoms with E-state index in [1.54, 1.807) is 0 Å². The van der Waals surface area contributed by atoms with Crippen LogP contribution in [0, 0.1) is 11.6 Å². The first-order chi connectivity index (χ1) is 15.3. The van der Waals surface area contributed by atoms with Crippen molar-refractivity contribution in [2.24, 2.45) is 5.73 Å². The number of carbonyl (C=O) groups is 1. The maximum Gasteiger partial charge on any atom is 0.249 e. The van der Waals surface area contributed by atoms with Crippen molar-refractivity contribution in [3.63, 3.8) is 0 Å².